The molecule has 0 spiro atoms. The number of pyridine rings is 1. The summed E-state index contributed by atoms with van der Waals surface area (Å²) in [6, 6.07) is 11.0. The minimum absolute atomic E-state index is 0.0447. The van der Waals surface area contributed by atoms with E-state index in [4.69, 9.17) is 11.6 Å². The van der Waals surface area contributed by atoms with E-state index < -0.39 is 0 Å². The minimum atomic E-state index is -0.264. The van der Waals surface area contributed by atoms with E-state index in [1.165, 1.54) is 0 Å². The maximum absolute atomic E-state index is 12.7. The third-order valence-corrected chi connectivity index (χ3v) is 4.23. The molecule has 0 aliphatic heterocycles. The van der Waals surface area contributed by atoms with Gasteiger partial charge in [0.25, 0.3) is 5.91 Å². The fourth-order valence-corrected chi connectivity index (χ4v) is 2.61. The number of aromatic nitrogens is 4. The van der Waals surface area contributed by atoms with Gasteiger partial charge >= 0.3 is 0 Å². The van der Waals surface area contributed by atoms with Crippen LogP contribution < -0.4 is 5.32 Å². The topological polar surface area (TPSA) is 72.7 Å². The molecule has 3 rings (SSSR count). The van der Waals surface area contributed by atoms with Crippen molar-refractivity contribution in [3.8, 4) is 16.9 Å². The molecule has 1 N–H and O–H groups in total. The summed E-state index contributed by atoms with van der Waals surface area (Å²) >= 11 is 6.31. The maximum atomic E-state index is 12.7. The predicted molar refractivity (Wildman–Crippen MR) is 96.8 cm³/mol. The first-order valence-electron chi connectivity index (χ1n) is 8.03. The zero-order valence-electron chi connectivity index (χ0n) is 14.0. The lowest BCUT2D eigenvalue weighted by molar-refractivity contribution is 0.0935. The summed E-state index contributed by atoms with van der Waals surface area (Å²) in [6.45, 7) is 3.96. The van der Waals surface area contributed by atoms with Gasteiger partial charge in [0.05, 0.1) is 10.7 Å². The highest BCUT2D eigenvalue weighted by atomic mass is 35.5. The van der Waals surface area contributed by atoms with Crippen LogP contribution in [0, 0.1) is 0 Å². The van der Waals surface area contributed by atoms with E-state index in [-0.39, 0.29) is 17.6 Å². The molecular formula is C18H18ClN5O. The number of carbonyl (C=O) groups is 1. The Bertz CT molecular complexity index is 878. The van der Waals surface area contributed by atoms with E-state index in [0.29, 0.717) is 16.4 Å². The number of carbonyl (C=O) groups excluding carboxylic acids is 1. The summed E-state index contributed by atoms with van der Waals surface area (Å²) in [7, 11) is 0. The molecule has 1 aromatic carbocycles. The Kier molecular flexibility index (Phi) is 5.09. The Hall–Kier alpha value is -2.73. The van der Waals surface area contributed by atoms with Gasteiger partial charge in [0.2, 0.25) is 0 Å². The number of hydrogen-bond donors (Lipinski definition) is 1. The lowest BCUT2D eigenvalue weighted by atomic mass is 10.1. The quantitative estimate of drug-likeness (QED) is 0.760. The molecule has 25 heavy (non-hydrogen) atoms. The van der Waals surface area contributed by atoms with Gasteiger partial charge in [-0.2, -0.15) is 0 Å². The third kappa shape index (κ3) is 3.53. The summed E-state index contributed by atoms with van der Waals surface area (Å²) in [4.78, 5) is 16.7. The zero-order chi connectivity index (χ0) is 17.8. The molecule has 1 atom stereocenters. The molecular weight excluding hydrogens is 338 g/mol. The molecule has 1 amide bonds. The van der Waals surface area contributed by atoms with Crippen LogP contribution in [0.4, 0.5) is 0 Å². The highest BCUT2D eigenvalue weighted by molar-refractivity contribution is 6.32. The number of benzene rings is 1. The van der Waals surface area contributed by atoms with Crippen LogP contribution >= 0.6 is 11.6 Å². The molecule has 2 heterocycles. The molecule has 6 nitrogen and oxygen atoms in total. The molecule has 7 heteroatoms. The van der Waals surface area contributed by atoms with Gasteiger partial charge in [0, 0.05) is 24.0 Å². The van der Waals surface area contributed by atoms with Gasteiger partial charge in [-0.15, -0.1) is 5.10 Å². The Balaban J connectivity index is 2.15. The molecule has 0 fully saturated rings. The van der Waals surface area contributed by atoms with Crippen LogP contribution in [0.1, 0.15) is 30.8 Å². The van der Waals surface area contributed by atoms with Crippen LogP contribution in [-0.4, -0.2) is 31.9 Å². The van der Waals surface area contributed by atoms with Crippen LogP contribution in [0.25, 0.3) is 16.9 Å². The van der Waals surface area contributed by atoms with Gasteiger partial charge in [-0.05, 0) is 37.6 Å². The number of halogens is 1. The lowest BCUT2D eigenvalue weighted by Crippen LogP contribution is -2.32. The van der Waals surface area contributed by atoms with Crippen LogP contribution in [0.15, 0.2) is 48.8 Å². The van der Waals surface area contributed by atoms with E-state index in [1.807, 2.05) is 44.2 Å². The van der Waals surface area contributed by atoms with Gasteiger partial charge in [-0.1, -0.05) is 35.9 Å². The number of para-hydroxylation sites is 1. The Morgan fingerprint density at radius 1 is 1.24 bits per heavy atom. The zero-order valence-corrected chi connectivity index (χ0v) is 14.7. The molecule has 0 saturated carbocycles. The normalized spacial score (nSPS) is 12.0. The summed E-state index contributed by atoms with van der Waals surface area (Å²) in [5.41, 5.74) is 2.28. The van der Waals surface area contributed by atoms with Crippen molar-refractivity contribution in [1.29, 1.82) is 0 Å². The average Bonchev–Trinajstić information content (AvgIpc) is 3.07. The summed E-state index contributed by atoms with van der Waals surface area (Å²) in [5, 5.41) is 11.8. The summed E-state index contributed by atoms with van der Waals surface area (Å²) in [6.07, 6.45) is 4.15. The van der Waals surface area contributed by atoms with Gasteiger partial charge in [-0.3, -0.25) is 9.78 Å². The molecule has 2 aromatic heterocycles. The number of nitrogens with one attached hydrogen (secondary N) is 1. The number of amides is 1. The van der Waals surface area contributed by atoms with Crippen molar-refractivity contribution in [2.24, 2.45) is 0 Å². The van der Waals surface area contributed by atoms with Crippen LogP contribution in [-0.2, 0) is 0 Å². The van der Waals surface area contributed by atoms with Crippen LogP contribution in [0.3, 0.4) is 0 Å². The molecule has 128 valence electrons. The van der Waals surface area contributed by atoms with Crippen molar-refractivity contribution in [1.82, 2.24) is 25.3 Å². The molecule has 0 bridgehead atoms. The van der Waals surface area contributed by atoms with E-state index >= 15 is 0 Å². The first-order valence-corrected chi connectivity index (χ1v) is 8.41. The first kappa shape index (κ1) is 17.1. The fourth-order valence-electron chi connectivity index (χ4n) is 2.39. The Labute approximate surface area is 150 Å². The van der Waals surface area contributed by atoms with Crippen molar-refractivity contribution in [2.45, 2.75) is 26.3 Å². The number of hydrogen-bond acceptors (Lipinski definition) is 4. The maximum Gasteiger partial charge on any atom is 0.274 e. The monoisotopic (exact) mass is 355 g/mol. The van der Waals surface area contributed by atoms with E-state index in [9.17, 15) is 4.79 Å². The average molecular weight is 356 g/mol. The van der Waals surface area contributed by atoms with E-state index in [0.717, 1.165) is 12.0 Å². The SMILES string of the molecule is CC[C@@H](C)NC(=O)c1nnn(-c2ccccc2Cl)c1-c1ccncc1. The number of nitrogens with zero attached hydrogens (tertiary/aromatic N) is 4. The highest BCUT2D eigenvalue weighted by Gasteiger charge is 2.23. The van der Waals surface area contributed by atoms with E-state index in [1.54, 1.807) is 23.1 Å². The van der Waals surface area contributed by atoms with Crippen molar-refractivity contribution < 1.29 is 4.79 Å². The highest BCUT2D eigenvalue weighted by Crippen LogP contribution is 2.28. The summed E-state index contributed by atoms with van der Waals surface area (Å²) < 4.78 is 1.59. The van der Waals surface area contributed by atoms with Gasteiger partial charge < -0.3 is 5.32 Å². The second kappa shape index (κ2) is 7.44. The first-order chi connectivity index (χ1) is 12.1. The molecule has 0 aliphatic carbocycles. The standard InChI is InChI=1S/C18H18ClN5O/c1-3-12(2)21-18(25)16-17(13-8-10-20-11-9-13)24(23-22-16)15-7-5-4-6-14(15)19/h4-12H,3H2,1-2H3,(H,21,25)/t12-/m1/s1. The largest absolute Gasteiger partial charge is 0.348 e. The second-order valence-corrected chi connectivity index (χ2v) is 6.08. The molecule has 0 unspecified atom stereocenters. The van der Waals surface area contributed by atoms with Gasteiger partial charge in [0.1, 0.15) is 5.69 Å². The smallest absolute Gasteiger partial charge is 0.274 e. The molecule has 0 radical (unpaired) electrons. The number of rotatable bonds is 5. The molecule has 0 saturated heterocycles. The van der Waals surface area contributed by atoms with Crippen LogP contribution in [0.5, 0.6) is 0 Å². The van der Waals surface area contributed by atoms with Crippen molar-refractivity contribution in [2.75, 3.05) is 0 Å². The van der Waals surface area contributed by atoms with E-state index in [2.05, 4.69) is 20.6 Å². The summed E-state index contributed by atoms with van der Waals surface area (Å²) in [5.74, 6) is -0.264. The van der Waals surface area contributed by atoms with Crippen molar-refractivity contribution in [3.63, 3.8) is 0 Å². The minimum Gasteiger partial charge on any atom is -0.348 e. The van der Waals surface area contributed by atoms with Gasteiger partial charge in [0.15, 0.2) is 5.69 Å². The predicted octanol–water partition coefficient (Wildman–Crippen LogP) is 3.51. The Morgan fingerprint density at radius 2 is 1.96 bits per heavy atom. The Morgan fingerprint density at radius 3 is 2.64 bits per heavy atom. The van der Waals surface area contributed by atoms with Gasteiger partial charge in [-0.25, -0.2) is 4.68 Å². The molecule has 3 aromatic rings. The fraction of sp³-hybridized carbons (Fsp3) is 0.222. The third-order valence-electron chi connectivity index (χ3n) is 3.91. The van der Waals surface area contributed by atoms with Crippen molar-refractivity contribution >= 4 is 17.5 Å². The van der Waals surface area contributed by atoms with Crippen molar-refractivity contribution in [3.05, 3.63) is 59.5 Å². The lowest BCUT2D eigenvalue weighted by Gasteiger charge is -2.12. The molecule has 0 aliphatic rings. The second-order valence-electron chi connectivity index (χ2n) is 5.67. The van der Waals surface area contributed by atoms with Crippen LogP contribution in [0.2, 0.25) is 5.02 Å².